The van der Waals surface area contributed by atoms with E-state index in [1.54, 1.807) is 0 Å². The molecule has 0 heterocycles. The molecular formula is C7H9ClO2. The summed E-state index contributed by atoms with van der Waals surface area (Å²) in [4.78, 5) is 10.3. The van der Waals surface area contributed by atoms with Crippen LogP contribution in [0, 0.1) is 12.3 Å². The molecule has 56 valence electrons. The Hall–Kier alpha value is -0.680. The Morgan fingerprint density at radius 3 is 2.80 bits per heavy atom. The zero-order valence-corrected chi connectivity index (χ0v) is 6.36. The summed E-state index contributed by atoms with van der Waals surface area (Å²) >= 11 is 5.37. The number of alkyl halides is 1. The molecule has 10 heavy (non-hydrogen) atoms. The average Bonchev–Trinajstić information content (AvgIpc) is 1.98. The second kappa shape index (κ2) is 6.44. The third kappa shape index (κ3) is 5.46. The Balaban J connectivity index is 3.06. The predicted octanol–water partition coefficient (Wildman–Crippen LogP) is 1.18. The van der Waals surface area contributed by atoms with Gasteiger partial charge in [0.2, 0.25) is 0 Å². The van der Waals surface area contributed by atoms with E-state index in [-0.39, 0.29) is 0 Å². The van der Waals surface area contributed by atoms with Gasteiger partial charge in [-0.2, -0.15) is 0 Å². The van der Waals surface area contributed by atoms with Crippen LogP contribution in [0.4, 0.5) is 0 Å². The predicted molar refractivity (Wildman–Crippen MR) is 39.7 cm³/mol. The molecule has 0 amide bonds. The van der Waals surface area contributed by atoms with Gasteiger partial charge in [-0.15, -0.1) is 18.0 Å². The van der Waals surface area contributed by atoms with Crippen LogP contribution in [0.1, 0.15) is 12.8 Å². The molecule has 0 aromatic carbocycles. The first-order valence-electron chi connectivity index (χ1n) is 3.00. The van der Waals surface area contributed by atoms with Crippen molar-refractivity contribution >= 4 is 17.6 Å². The Bertz CT molecular complexity index is 137. The maximum absolute atomic E-state index is 10.3. The van der Waals surface area contributed by atoms with Gasteiger partial charge < -0.3 is 4.74 Å². The third-order valence-corrected chi connectivity index (χ3v) is 1.15. The molecule has 0 fully saturated rings. The van der Waals surface area contributed by atoms with E-state index < -0.39 is 5.97 Å². The molecule has 3 heteroatoms. The molecule has 0 N–H and O–H groups in total. The fourth-order valence-electron chi connectivity index (χ4n) is 0.403. The fourth-order valence-corrected chi connectivity index (χ4v) is 0.592. The Labute approximate surface area is 65.5 Å². The van der Waals surface area contributed by atoms with Crippen LogP contribution in [0.15, 0.2) is 0 Å². The molecule has 0 bridgehead atoms. The van der Waals surface area contributed by atoms with Crippen LogP contribution in [0.2, 0.25) is 0 Å². The summed E-state index contributed by atoms with van der Waals surface area (Å²) in [6, 6.07) is 0. The molecule has 0 spiro atoms. The van der Waals surface area contributed by atoms with Gasteiger partial charge in [0.25, 0.3) is 0 Å². The molecular weight excluding hydrogens is 152 g/mol. The lowest BCUT2D eigenvalue weighted by molar-refractivity contribution is -0.136. The van der Waals surface area contributed by atoms with E-state index in [0.717, 1.165) is 12.8 Å². The van der Waals surface area contributed by atoms with E-state index in [4.69, 9.17) is 18.0 Å². The number of hydrogen-bond acceptors (Lipinski definition) is 2. The van der Waals surface area contributed by atoms with Gasteiger partial charge in [-0.3, -0.25) is 0 Å². The van der Waals surface area contributed by atoms with Crippen molar-refractivity contribution in [2.45, 2.75) is 12.8 Å². The summed E-state index contributed by atoms with van der Waals surface area (Å²) in [6.45, 7) is 0.371. The summed E-state index contributed by atoms with van der Waals surface area (Å²) in [5.41, 5.74) is 0. The number of esters is 1. The van der Waals surface area contributed by atoms with Crippen LogP contribution in [0.25, 0.3) is 0 Å². The summed E-state index contributed by atoms with van der Waals surface area (Å²) < 4.78 is 4.56. The van der Waals surface area contributed by atoms with Crippen molar-refractivity contribution in [3.05, 3.63) is 0 Å². The number of terminal acetylenes is 1. The topological polar surface area (TPSA) is 26.3 Å². The minimum absolute atomic E-state index is 0.371. The van der Waals surface area contributed by atoms with Gasteiger partial charge in [-0.25, -0.2) is 4.79 Å². The van der Waals surface area contributed by atoms with E-state index in [1.807, 2.05) is 5.92 Å². The smallest absolute Gasteiger partial charge is 0.384 e. The van der Waals surface area contributed by atoms with Crippen molar-refractivity contribution in [3.8, 4) is 12.3 Å². The lowest BCUT2D eigenvalue weighted by atomic mass is 10.4. The molecule has 0 saturated carbocycles. The largest absolute Gasteiger partial charge is 0.456 e. The molecule has 0 aromatic rings. The molecule has 0 unspecified atom stereocenters. The quantitative estimate of drug-likeness (QED) is 0.203. The molecule has 0 aromatic heterocycles. The molecule has 0 atom stereocenters. The van der Waals surface area contributed by atoms with Gasteiger partial charge in [-0.1, -0.05) is 0 Å². The summed E-state index contributed by atoms with van der Waals surface area (Å²) in [5.74, 6) is 1.84. The molecule has 0 aliphatic carbocycles. The van der Waals surface area contributed by atoms with Gasteiger partial charge in [0.05, 0.1) is 6.61 Å². The monoisotopic (exact) mass is 160 g/mol. The van der Waals surface area contributed by atoms with Crippen LogP contribution in [0.5, 0.6) is 0 Å². The van der Waals surface area contributed by atoms with Crippen molar-refractivity contribution in [3.63, 3.8) is 0 Å². The fraction of sp³-hybridized carbons (Fsp3) is 0.571. The van der Waals surface area contributed by atoms with Gasteiger partial charge in [-0.05, 0) is 12.8 Å². The summed E-state index contributed by atoms with van der Waals surface area (Å²) in [7, 11) is 0. The highest BCUT2D eigenvalue weighted by Crippen LogP contribution is 1.92. The first-order chi connectivity index (χ1) is 4.81. The number of carbonyl (C=O) groups is 1. The number of hydrogen-bond donors (Lipinski definition) is 0. The third-order valence-electron chi connectivity index (χ3n) is 0.879. The van der Waals surface area contributed by atoms with Crippen LogP contribution < -0.4 is 0 Å². The first-order valence-corrected chi connectivity index (χ1v) is 3.54. The van der Waals surface area contributed by atoms with Gasteiger partial charge in [0.15, 0.2) is 0 Å². The van der Waals surface area contributed by atoms with E-state index in [0.29, 0.717) is 12.5 Å². The summed E-state index contributed by atoms with van der Waals surface area (Å²) in [5, 5.41) is 0. The minimum atomic E-state index is -0.602. The average molecular weight is 161 g/mol. The Kier molecular flexibility index (Phi) is 6.00. The molecule has 0 rings (SSSR count). The van der Waals surface area contributed by atoms with E-state index in [1.165, 1.54) is 0 Å². The standard InChI is InChI=1S/C7H9ClO2/c1-2-7(9)10-6-4-3-5-8/h1H,3-6H2. The first kappa shape index (κ1) is 9.32. The second-order valence-corrected chi connectivity index (χ2v) is 2.05. The van der Waals surface area contributed by atoms with Gasteiger partial charge in [0, 0.05) is 11.8 Å². The minimum Gasteiger partial charge on any atom is -0.456 e. The second-order valence-electron chi connectivity index (χ2n) is 1.68. The Morgan fingerprint density at radius 2 is 2.30 bits per heavy atom. The van der Waals surface area contributed by atoms with E-state index >= 15 is 0 Å². The zero-order valence-electron chi connectivity index (χ0n) is 5.60. The van der Waals surface area contributed by atoms with Crippen molar-refractivity contribution in [1.29, 1.82) is 0 Å². The Morgan fingerprint density at radius 1 is 1.60 bits per heavy atom. The van der Waals surface area contributed by atoms with Crippen LogP contribution >= 0.6 is 11.6 Å². The highest BCUT2D eigenvalue weighted by Gasteiger charge is 1.93. The van der Waals surface area contributed by atoms with E-state index in [2.05, 4.69) is 4.74 Å². The van der Waals surface area contributed by atoms with Crippen molar-refractivity contribution in [1.82, 2.24) is 0 Å². The van der Waals surface area contributed by atoms with Crippen LogP contribution in [0.3, 0.4) is 0 Å². The van der Waals surface area contributed by atoms with Crippen LogP contribution in [-0.2, 0) is 9.53 Å². The number of carbonyl (C=O) groups excluding carboxylic acids is 1. The van der Waals surface area contributed by atoms with Crippen molar-refractivity contribution in [2.24, 2.45) is 0 Å². The van der Waals surface area contributed by atoms with Crippen LogP contribution in [-0.4, -0.2) is 18.5 Å². The maximum Gasteiger partial charge on any atom is 0.384 e. The number of halogens is 1. The van der Waals surface area contributed by atoms with Gasteiger partial charge >= 0.3 is 5.97 Å². The maximum atomic E-state index is 10.3. The highest BCUT2D eigenvalue weighted by molar-refractivity contribution is 6.17. The highest BCUT2D eigenvalue weighted by atomic mass is 35.5. The summed E-state index contributed by atoms with van der Waals surface area (Å²) in [6.07, 6.45) is 6.36. The molecule has 0 aliphatic rings. The lowest BCUT2D eigenvalue weighted by Crippen LogP contribution is -2.02. The molecule has 0 saturated heterocycles. The van der Waals surface area contributed by atoms with Gasteiger partial charge in [0.1, 0.15) is 0 Å². The zero-order chi connectivity index (χ0) is 7.82. The number of ether oxygens (including phenoxy) is 1. The lowest BCUT2D eigenvalue weighted by Gasteiger charge is -1.97. The van der Waals surface area contributed by atoms with Crippen molar-refractivity contribution < 1.29 is 9.53 Å². The molecule has 0 aliphatic heterocycles. The number of unbranched alkanes of at least 4 members (excludes halogenated alkanes) is 1. The SMILES string of the molecule is C#CC(=O)OCCCCCl. The molecule has 2 nitrogen and oxygen atoms in total. The van der Waals surface area contributed by atoms with E-state index in [9.17, 15) is 4.79 Å². The van der Waals surface area contributed by atoms with Crippen molar-refractivity contribution in [2.75, 3.05) is 12.5 Å². The molecule has 0 radical (unpaired) electrons. The normalized spacial score (nSPS) is 8.40. The number of rotatable bonds is 4.